The molecule has 70 valence electrons. The highest BCUT2D eigenvalue weighted by molar-refractivity contribution is 5.08. The topological polar surface area (TPSA) is 0 Å². The van der Waals surface area contributed by atoms with Gasteiger partial charge in [0.2, 0.25) is 0 Å². The normalized spacial score (nSPS) is 11.1. The van der Waals surface area contributed by atoms with Crippen LogP contribution in [0.15, 0.2) is 23.8 Å². The van der Waals surface area contributed by atoms with Crippen LogP contribution in [0.4, 0.5) is 0 Å². The van der Waals surface area contributed by atoms with Gasteiger partial charge in [0.1, 0.15) is 0 Å². The lowest BCUT2D eigenvalue weighted by Crippen LogP contribution is -1.93. The molecule has 0 amide bonds. The van der Waals surface area contributed by atoms with Crippen LogP contribution in [0, 0.1) is 5.92 Å². The van der Waals surface area contributed by atoms with Crippen LogP contribution in [0.1, 0.15) is 47.0 Å². The lowest BCUT2D eigenvalue weighted by molar-refractivity contribution is 0.500. The zero-order valence-electron chi connectivity index (χ0n) is 8.93. The van der Waals surface area contributed by atoms with Gasteiger partial charge in [0.25, 0.3) is 0 Å². The smallest absolute Gasteiger partial charge is 0.0319 e. The number of allylic oxidation sites excluding steroid dienone is 4. The van der Waals surface area contributed by atoms with Crippen LogP contribution >= 0.6 is 0 Å². The Balaban J connectivity index is 3.65. The van der Waals surface area contributed by atoms with Gasteiger partial charge < -0.3 is 0 Å². The molecule has 0 nitrogen and oxygen atoms in total. The van der Waals surface area contributed by atoms with Gasteiger partial charge in [0.05, 0.1) is 0 Å². The average Bonchev–Trinajstić information content (AvgIpc) is 2.04. The van der Waals surface area contributed by atoms with Gasteiger partial charge >= 0.3 is 0 Å². The van der Waals surface area contributed by atoms with Gasteiger partial charge in [-0.25, -0.2) is 0 Å². The van der Waals surface area contributed by atoms with E-state index in [1.54, 1.807) is 0 Å². The van der Waals surface area contributed by atoms with E-state index in [-0.39, 0.29) is 0 Å². The lowest BCUT2D eigenvalue weighted by atomic mass is 9.99. The van der Waals surface area contributed by atoms with E-state index in [0.717, 1.165) is 5.92 Å². The van der Waals surface area contributed by atoms with Crippen LogP contribution in [-0.4, -0.2) is 0 Å². The average molecular weight is 166 g/mol. The highest BCUT2D eigenvalue weighted by Crippen LogP contribution is 2.12. The van der Waals surface area contributed by atoms with Crippen molar-refractivity contribution in [1.82, 2.24) is 0 Å². The van der Waals surface area contributed by atoms with Crippen LogP contribution < -0.4 is 0 Å². The Morgan fingerprint density at radius 3 is 2.17 bits per heavy atom. The fourth-order valence-corrected chi connectivity index (χ4v) is 1.15. The third-order valence-corrected chi connectivity index (χ3v) is 2.19. The summed E-state index contributed by atoms with van der Waals surface area (Å²) in [4.78, 5) is 0. The van der Waals surface area contributed by atoms with E-state index in [1.165, 1.54) is 24.8 Å². The largest absolute Gasteiger partial charge is 0.0843 e. The summed E-state index contributed by atoms with van der Waals surface area (Å²) >= 11 is 0. The Labute approximate surface area is 77.4 Å². The quantitative estimate of drug-likeness (QED) is 0.533. The molecule has 12 heavy (non-hydrogen) atoms. The molecule has 0 aromatic rings. The zero-order valence-corrected chi connectivity index (χ0v) is 8.93. The third kappa shape index (κ3) is 6.21. The van der Waals surface area contributed by atoms with E-state index < -0.39 is 0 Å². The first-order valence-electron chi connectivity index (χ1n) is 5.00. The third-order valence-electron chi connectivity index (χ3n) is 2.19. The fourth-order valence-electron chi connectivity index (χ4n) is 1.15. The van der Waals surface area contributed by atoms with Crippen LogP contribution in [-0.2, 0) is 0 Å². The first-order valence-corrected chi connectivity index (χ1v) is 5.00. The summed E-state index contributed by atoms with van der Waals surface area (Å²) in [6.45, 7) is 8.79. The first-order chi connectivity index (χ1) is 5.70. The minimum Gasteiger partial charge on any atom is -0.0843 e. The zero-order chi connectivity index (χ0) is 9.40. The molecule has 0 saturated carbocycles. The number of hydrogen-bond donors (Lipinski definition) is 0. The van der Waals surface area contributed by atoms with Gasteiger partial charge in [0.15, 0.2) is 0 Å². The highest BCUT2D eigenvalue weighted by atomic mass is 14.0. The lowest BCUT2D eigenvalue weighted by Gasteiger charge is -2.07. The van der Waals surface area contributed by atoms with Gasteiger partial charge in [-0.05, 0) is 26.2 Å². The summed E-state index contributed by atoms with van der Waals surface area (Å²) in [5, 5.41) is 0. The van der Waals surface area contributed by atoms with Crippen molar-refractivity contribution < 1.29 is 0 Å². The summed E-state index contributed by atoms with van der Waals surface area (Å²) in [7, 11) is 0. The summed E-state index contributed by atoms with van der Waals surface area (Å²) in [6, 6.07) is 0. The molecule has 0 heteroatoms. The maximum absolute atomic E-state index is 2.28. The van der Waals surface area contributed by atoms with Crippen LogP contribution in [0.5, 0.6) is 0 Å². The summed E-state index contributed by atoms with van der Waals surface area (Å²) < 4.78 is 0. The van der Waals surface area contributed by atoms with Crippen LogP contribution in [0.2, 0.25) is 0 Å². The Hall–Kier alpha value is -0.520. The van der Waals surface area contributed by atoms with Crippen LogP contribution in [0.3, 0.4) is 0 Å². The second-order valence-electron chi connectivity index (χ2n) is 3.59. The van der Waals surface area contributed by atoms with Crippen molar-refractivity contribution in [3.8, 4) is 0 Å². The summed E-state index contributed by atoms with van der Waals surface area (Å²) in [6.07, 6.45) is 10.5. The molecule has 0 bridgehead atoms. The molecule has 0 atom stereocenters. The predicted octanol–water partition coefficient (Wildman–Crippen LogP) is 4.34. The summed E-state index contributed by atoms with van der Waals surface area (Å²) in [5.41, 5.74) is 1.37. The van der Waals surface area contributed by atoms with Gasteiger partial charge in [-0.15, -0.1) is 0 Å². The van der Waals surface area contributed by atoms with Gasteiger partial charge in [0, 0.05) is 0 Å². The molecule has 0 rings (SSSR count). The van der Waals surface area contributed by atoms with E-state index in [0.29, 0.717) is 0 Å². The molecule has 0 aromatic heterocycles. The van der Waals surface area contributed by atoms with Gasteiger partial charge in [-0.1, -0.05) is 50.5 Å². The maximum Gasteiger partial charge on any atom is -0.0319 e. The van der Waals surface area contributed by atoms with E-state index in [9.17, 15) is 0 Å². The van der Waals surface area contributed by atoms with Crippen molar-refractivity contribution in [1.29, 1.82) is 0 Å². The highest BCUT2D eigenvalue weighted by Gasteiger charge is 1.98. The monoisotopic (exact) mass is 166 g/mol. The molecule has 0 heterocycles. The van der Waals surface area contributed by atoms with Crippen molar-refractivity contribution in [2.45, 2.75) is 47.0 Å². The van der Waals surface area contributed by atoms with Crippen molar-refractivity contribution in [3.63, 3.8) is 0 Å². The van der Waals surface area contributed by atoms with E-state index in [1.807, 2.05) is 0 Å². The molecule has 0 fully saturated rings. The number of hydrogen-bond acceptors (Lipinski definition) is 0. The van der Waals surface area contributed by atoms with E-state index in [4.69, 9.17) is 0 Å². The number of rotatable bonds is 5. The molecule has 0 saturated heterocycles. The molecule has 0 unspecified atom stereocenters. The molecular weight excluding hydrogens is 144 g/mol. The van der Waals surface area contributed by atoms with Crippen molar-refractivity contribution in [2.24, 2.45) is 5.92 Å². The maximum atomic E-state index is 2.28. The van der Waals surface area contributed by atoms with Crippen molar-refractivity contribution >= 4 is 0 Å². The van der Waals surface area contributed by atoms with E-state index >= 15 is 0 Å². The van der Waals surface area contributed by atoms with Crippen LogP contribution in [0.25, 0.3) is 0 Å². The Bertz CT molecular complexity index is 143. The molecule has 0 spiro atoms. The Morgan fingerprint density at radius 1 is 1.17 bits per heavy atom. The Morgan fingerprint density at radius 2 is 1.75 bits per heavy atom. The minimum atomic E-state index is 0.881. The minimum absolute atomic E-state index is 0.881. The summed E-state index contributed by atoms with van der Waals surface area (Å²) in [5.74, 6) is 0.881. The molecule has 0 aliphatic rings. The Kier molecular flexibility index (Phi) is 6.84. The molecule has 0 radical (unpaired) electrons. The van der Waals surface area contributed by atoms with E-state index in [2.05, 4.69) is 45.9 Å². The molecular formula is C12H22. The SMILES string of the molecule is CCC(CC)C/C=C\C=C(C)C. The fraction of sp³-hybridized carbons (Fsp3) is 0.667. The van der Waals surface area contributed by atoms with Gasteiger partial charge in [-0.3, -0.25) is 0 Å². The predicted molar refractivity (Wildman–Crippen MR) is 57.3 cm³/mol. The molecule has 0 aromatic carbocycles. The van der Waals surface area contributed by atoms with Gasteiger partial charge in [-0.2, -0.15) is 0 Å². The second kappa shape index (κ2) is 7.15. The molecule has 0 aliphatic carbocycles. The first kappa shape index (κ1) is 11.5. The van der Waals surface area contributed by atoms with Crippen molar-refractivity contribution in [2.75, 3.05) is 0 Å². The standard InChI is InChI=1S/C12H22/c1-5-12(6-2)10-8-7-9-11(3)4/h7-9,12H,5-6,10H2,1-4H3/b8-7-. The second-order valence-corrected chi connectivity index (χ2v) is 3.59. The molecule has 0 aliphatic heterocycles. The molecule has 0 N–H and O–H groups in total. The van der Waals surface area contributed by atoms with Crippen molar-refractivity contribution in [3.05, 3.63) is 23.8 Å².